The van der Waals surface area contributed by atoms with Crippen LogP contribution in [0.4, 0.5) is 4.39 Å². The normalized spacial score (nSPS) is 12.4. The number of hydrogen-bond acceptors (Lipinski definition) is 2. The van der Waals surface area contributed by atoms with E-state index in [1.165, 1.54) is 12.1 Å². The number of carbonyl (C=O) groups is 1. The molecular weight excluding hydrogens is 312 g/mol. The van der Waals surface area contributed by atoms with E-state index in [1.54, 1.807) is 12.1 Å². The number of benzene rings is 1. The minimum absolute atomic E-state index is 0.0559. The van der Waals surface area contributed by atoms with Crippen LogP contribution in [0.15, 0.2) is 24.3 Å². The van der Waals surface area contributed by atoms with E-state index < -0.39 is 5.97 Å². The first-order chi connectivity index (χ1) is 7.11. The molecule has 0 heterocycles. The van der Waals surface area contributed by atoms with Crippen LogP contribution < -0.4 is 3.53 Å². The third-order valence-electron chi connectivity index (χ3n) is 1.97. The number of carboxylic acid groups (broad SMARTS) is 1. The Morgan fingerprint density at radius 2 is 2.07 bits per heavy atom. The summed E-state index contributed by atoms with van der Waals surface area (Å²) in [5.74, 6) is -1.12. The van der Waals surface area contributed by atoms with Crippen molar-refractivity contribution in [2.75, 3.05) is 0 Å². The van der Waals surface area contributed by atoms with E-state index in [-0.39, 0.29) is 18.3 Å². The lowest BCUT2D eigenvalue weighted by Gasteiger charge is -2.12. The lowest BCUT2D eigenvalue weighted by molar-refractivity contribution is -0.137. The quantitative estimate of drug-likeness (QED) is 0.645. The molecule has 0 bridgehead atoms. The van der Waals surface area contributed by atoms with Crippen molar-refractivity contribution in [2.45, 2.75) is 18.9 Å². The summed E-state index contributed by atoms with van der Waals surface area (Å²) in [7, 11) is 0. The number of halogens is 2. The summed E-state index contributed by atoms with van der Waals surface area (Å²) in [5, 5.41) is 8.63. The van der Waals surface area contributed by atoms with Crippen LogP contribution in [0, 0.1) is 5.82 Å². The molecule has 2 N–H and O–H groups in total. The van der Waals surface area contributed by atoms with Gasteiger partial charge >= 0.3 is 5.97 Å². The highest BCUT2D eigenvalue weighted by Gasteiger charge is 2.12. The van der Waals surface area contributed by atoms with E-state index in [2.05, 4.69) is 3.53 Å². The summed E-state index contributed by atoms with van der Waals surface area (Å²) >= 11 is 1.93. The van der Waals surface area contributed by atoms with Gasteiger partial charge in [-0.2, -0.15) is 0 Å². The van der Waals surface area contributed by atoms with Crippen LogP contribution in [-0.2, 0) is 11.2 Å². The molecule has 82 valence electrons. The molecule has 0 saturated carbocycles. The van der Waals surface area contributed by atoms with Gasteiger partial charge < -0.3 is 5.11 Å². The van der Waals surface area contributed by atoms with Crippen LogP contribution in [0.25, 0.3) is 0 Å². The zero-order valence-corrected chi connectivity index (χ0v) is 10.1. The molecule has 0 saturated heterocycles. The second kappa shape index (κ2) is 6.02. The number of aliphatic carboxylic acids is 1. The van der Waals surface area contributed by atoms with E-state index in [1.807, 2.05) is 22.9 Å². The Morgan fingerprint density at radius 3 is 2.53 bits per heavy atom. The van der Waals surface area contributed by atoms with Crippen molar-refractivity contribution in [1.82, 2.24) is 3.53 Å². The molecule has 0 amide bonds. The van der Waals surface area contributed by atoms with Gasteiger partial charge in [0.1, 0.15) is 5.82 Å². The molecule has 0 spiro atoms. The van der Waals surface area contributed by atoms with E-state index >= 15 is 0 Å². The van der Waals surface area contributed by atoms with Gasteiger partial charge in [-0.3, -0.25) is 8.32 Å². The first-order valence-corrected chi connectivity index (χ1v) is 5.52. The second-order valence-electron chi connectivity index (χ2n) is 3.23. The van der Waals surface area contributed by atoms with Gasteiger partial charge in [0, 0.05) is 28.9 Å². The zero-order valence-electron chi connectivity index (χ0n) is 7.91. The van der Waals surface area contributed by atoms with E-state index in [4.69, 9.17) is 5.11 Å². The molecule has 1 aromatic rings. The summed E-state index contributed by atoms with van der Waals surface area (Å²) < 4.78 is 15.5. The van der Waals surface area contributed by atoms with Gasteiger partial charge in [0.2, 0.25) is 0 Å². The fraction of sp³-hybridized carbons (Fsp3) is 0.300. The Bertz CT molecular complexity index is 329. The fourth-order valence-electron chi connectivity index (χ4n) is 1.27. The van der Waals surface area contributed by atoms with Gasteiger partial charge in [-0.15, -0.1) is 0 Å². The Kier molecular flexibility index (Phi) is 4.97. The predicted molar refractivity (Wildman–Crippen MR) is 63.3 cm³/mol. The first-order valence-electron chi connectivity index (χ1n) is 4.44. The highest BCUT2D eigenvalue weighted by Crippen LogP contribution is 2.08. The molecule has 3 nitrogen and oxygen atoms in total. The minimum atomic E-state index is -0.841. The van der Waals surface area contributed by atoms with Crippen LogP contribution in [-0.4, -0.2) is 17.1 Å². The maximum absolute atomic E-state index is 12.6. The molecule has 15 heavy (non-hydrogen) atoms. The van der Waals surface area contributed by atoms with E-state index in [0.717, 1.165) is 5.56 Å². The summed E-state index contributed by atoms with van der Waals surface area (Å²) in [6, 6.07) is 5.95. The maximum Gasteiger partial charge on any atom is 0.304 e. The number of nitrogens with one attached hydrogen (secondary N) is 1. The molecule has 1 rings (SSSR count). The predicted octanol–water partition coefficient (Wildman–Crippen LogP) is 2.15. The second-order valence-corrected chi connectivity index (χ2v) is 3.86. The van der Waals surface area contributed by atoms with Crippen molar-refractivity contribution in [2.24, 2.45) is 0 Å². The molecule has 0 aliphatic heterocycles. The smallest absolute Gasteiger partial charge is 0.304 e. The van der Waals surface area contributed by atoms with Crippen LogP contribution in [0.5, 0.6) is 0 Å². The van der Waals surface area contributed by atoms with Crippen molar-refractivity contribution in [3.63, 3.8) is 0 Å². The zero-order chi connectivity index (χ0) is 11.3. The highest BCUT2D eigenvalue weighted by molar-refractivity contribution is 14.1. The summed E-state index contributed by atoms with van der Waals surface area (Å²) in [6.07, 6.45) is 0.635. The fourth-order valence-corrected chi connectivity index (χ4v) is 1.71. The van der Waals surface area contributed by atoms with Gasteiger partial charge in [-0.1, -0.05) is 12.1 Å². The molecule has 0 aliphatic rings. The third kappa shape index (κ3) is 4.57. The number of carboxylic acids is 1. The van der Waals surface area contributed by atoms with E-state index in [9.17, 15) is 9.18 Å². The average Bonchev–Trinajstić information content (AvgIpc) is 2.19. The third-order valence-corrected chi connectivity index (χ3v) is 2.85. The van der Waals surface area contributed by atoms with Crippen LogP contribution in [0.1, 0.15) is 12.0 Å². The Balaban J connectivity index is 2.58. The van der Waals surface area contributed by atoms with Crippen molar-refractivity contribution in [3.8, 4) is 0 Å². The van der Waals surface area contributed by atoms with Crippen molar-refractivity contribution in [3.05, 3.63) is 35.6 Å². The van der Waals surface area contributed by atoms with E-state index in [0.29, 0.717) is 6.42 Å². The topological polar surface area (TPSA) is 49.3 Å². The van der Waals surface area contributed by atoms with Gasteiger partial charge in [-0.25, -0.2) is 4.39 Å². The van der Waals surface area contributed by atoms with Gasteiger partial charge in [0.25, 0.3) is 0 Å². The SMILES string of the molecule is O=C(O)CC(Cc1ccc(F)cc1)NI. The highest BCUT2D eigenvalue weighted by atomic mass is 127. The molecule has 1 unspecified atom stereocenters. The molecule has 0 aliphatic carbocycles. The Hall–Kier alpha value is -0.690. The lowest BCUT2D eigenvalue weighted by Crippen LogP contribution is -2.26. The first kappa shape index (κ1) is 12.4. The Labute approximate surface area is 101 Å². The monoisotopic (exact) mass is 323 g/mol. The number of hydrogen-bond donors (Lipinski definition) is 2. The minimum Gasteiger partial charge on any atom is -0.481 e. The summed E-state index contributed by atoms with van der Waals surface area (Å²) in [6.45, 7) is 0. The maximum atomic E-state index is 12.6. The molecular formula is C10H11FINO2. The van der Waals surface area contributed by atoms with Gasteiger partial charge in [0.15, 0.2) is 0 Å². The molecule has 5 heteroatoms. The standard InChI is InChI=1S/C10H11FINO2/c11-8-3-1-7(2-4-8)5-9(13-12)6-10(14)15/h1-4,9,13H,5-6H2,(H,14,15). The lowest BCUT2D eigenvalue weighted by atomic mass is 10.0. The summed E-state index contributed by atoms with van der Waals surface area (Å²) in [5.41, 5.74) is 0.923. The summed E-state index contributed by atoms with van der Waals surface area (Å²) in [4.78, 5) is 10.5. The molecule has 0 fully saturated rings. The Morgan fingerprint density at radius 1 is 1.47 bits per heavy atom. The van der Waals surface area contributed by atoms with Crippen molar-refractivity contribution < 1.29 is 14.3 Å². The van der Waals surface area contributed by atoms with Crippen LogP contribution in [0.3, 0.4) is 0 Å². The van der Waals surface area contributed by atoms with Crippen LogP contribution >= 0.6 is 22.9 Å². The average molecular weight is 323 g/mol. The molecule has 0 aromatic heterocycles. The largest absolute Gasteiger partial charge is 0.481 e. The van der Waals surface area contributed by atoms with Crippen molar-refractivity contribution >= 4 is 28.8 Å². The molecule has 1 atom stereocenters. The van der Waals surface area contributed by atoms with Gasteiger partial charge in [0.05, 0.1) is 6.42 Å². The van der Waals surface area contributed by atoms with Crippen molar-refractivity contribution in [1.29, 1.82) is 0 Å². The number of rotatable bonds is 5. The molecule has 1 aromatic carbocycles. The van der Waals surface area contributed by atoms with Crippen LogP contribution in [0.2, 0.25) is 0 Å². The molecule has 0 radical (unpaired) electrons. The van der Waals surface area contributed by atoms with Gasteiger partial charge in [-0.05, 0) is 24.1 Å².